The average Bonchev–Trinajstić information content (AvgIpc) is 2.72. The van der Waals surface area contributed by atoms with Gasteiger partial charge in [-0.05, 0) is 95.9 Å². The quantitative estimate of drug-likeness (QED) is 0.331. The summed E-state index contributed by atoms with van der Waals surface area (Å²) in [4.78, 5) is 12.4. The van der Waals surface area contributed by atoms with Gasteiger partial charge in [-0.1, -0.05) is 30.4 Å². The number of rotatable bonds is 7. The fraction of sp³-hybridized carbons (Fsp3) is 0.423. The van der Waals surface area contributed by atoms with Crippen LogP contribution in [0.25, 0.3) is 6.08 Å². The highest BCUT2D eigenvalue weighted by Crippen LogP contribution is 2.40. The molecule has 0 aliphatic heterocycles. The zero-order chi connectivity index (χ0) is 26.9. The molecule has 196 valence electrons. The lowest BCUT2D eigenvalue weighted by Gasteiger charge is -2.42. The summed E-state index contributed by atoms with van der Waals surface area (Å²) in [6, 6.07) is 7.87. The normalized spacial score (nSPS) is 16.5. The van der Waals surface area contributed by atoms with E-state index in [-0.39, 0.29) is 5.56 Å². The third-order valence-electron chi connectivity index (χ3n) is 6.60. The van der Waals surface area contributed by atoms with E-state index in [1.807, 2.05) is 12.2 Å². The maximum Gasteiger partial charge on any atom is 0.405 e. The van der Waals surface area contributed by atoms with Crippen LogP contribution in [-0.4, -0.2) is 30.3 Å². The maximum absolute atomic E-state index is 13.9. The van der Waals surface area contributed by atoms with Crippen molar-refractivity contribution in [2.24, 2.45) is 0 Å². The van der Waals surface area contributed by atoms with Crippen LogP contribution in [0.3, 0.4) is 0 Å². The summed E-state index contributed by atoms with van der Waals surface area (Å²) in [5.41, 5.74) is 2.48. The summed E-state index contributed by atoms with van der Waals surface area (Å²) in [6.07, 6.45) is -5.09. The Morgan fingerprint density at radius 3 is 2.14 bits per heavy atom. The second-order valence-corrected chi connectivity index (χ2v) is 10.1. The van der Waals surface area contributed by atoms with Gasteiger partial charge in [0.15, 0.2) is 0 Å². The summed E-state index contributed by atoms with van der Waals surface area (Å²) in [5, 5.41) is 4.96. The summed E-state index contributed by atoms with van der Waals surface area (Å²) in [6.45, 7) is 4.02. The average molecular weight is 577 g/mol. The molecule has 1 aliphatic carbocycles. The van der Waals surface area contributed by atoms with Crippen molar-refractivity contribution in [3.05, 3.63) is 68.7 Å². The maximum atomic E-state index is 13.9. The Balaban J connectivity index is 1.80. The van der Waals surface area contributed by atoms with Crippen LogP contribution in [0.1, 0.15) is 53.0 Å². The second kappa shape index (κ2) is 10.5. The third kappa shape index (κ3) is 6.63. The Bertz CT molecular complexity index is 1130. The molecule has 0 saturated heterocycles. The van der Waals surface area contributed by atoms with Gasteiger partial charge in [0.05, 0.1) is 5.92 Å². The number of halogens is 7. The number of amides is 1. The molecule has 2 N–H and O–H groups in total. The summed E-state index contributed by atoms with van der Waals surface area (Å²) in [7, 11) is 0. The molecule has 1 aliphatic rings. The van der Waals surface area contributed by atoms with Gasteiger partial charge in [0.2, 0.25) is 5.91 Å². The third-order valence-corrected chi connectivity index (χ3v) is 7.26. The number of hydrogen-bond acceptors (Lipinski definition) is 2. The van der Waals surface area contributed by atoms with Gasteiger partial charge in [-0.25, -0.2) is 0 Å². The zero-order valence-corrected chi connectivity index (χ0v) is 21.6. The summed E-state index contributed by atoms with van der Waals surface area (Å²) < 4.78 is 79.6. The minimum absolute atomic E-state index is 0.161. The lowest BCUT2D eigenvalue weighted by molar-refractivity contribution is -0.142. The highest BCUT2D eigenvalue weighted by molar-refractivity contribution is 9.10. The van der Waals surface area contributed by atoms with Gasteiger partial charge in [-0.2, -0.15) is 26.3 Å². The van der Waals surface area contributed by atoms with Crippen molar-refractivity contribution in [2.75, 3.05) is 11.9 Å². The molecule has 0 radical (unpaired) electrons. The molecule has 0 aromatic heterocycles. The number of carbonyl (C=O) groups excluding carboxylic acids is 1. The van der Waals surface area contributed by atoms with E-state index in [1.54, 1.807) is 44.2 Å². The van der Waals surface area contributed by atoms with Gasteiger partial charge < -0.3 is 10.6 Å². The molecule has 0 bridgehead atoms. The minimum Gasteiger partial charge on any atom is -0.370 e. The van der Waals surface area contributed by atoms with Crippen LogP contribution in [0.4, 0.5) is 32.0 Å². The SMILES string of the molecule is Cc1cc(C(/C=C/c2ccc(NC3(C(=O)NCC(F)(F)F)CCC3)c(Br)c2)C(F)(F)F)cc(C)c1C. The molecule has 2 aromatic rings. The van der Waals surface area contributed by atoms with Crippen LogP contribution < -0.4 is 10.6 Å². The molecule has 1 unspecified atom stereocenters. The van der Waals surface area contributed by atoms with E-state index >= 15 is 0 Å². The molecular weight excluding hydrogens is 550 g/mol. The number of hydrogen-bond donors (Lipinski definition) is 2. The molecule has 3 nitrogen and oxygen atoms in total. The van der Waals surface area contributed by atoms with E-state index in [1.165, 1.54) is 6.08 Å². The Hall–Kier alpha value is -2.49. The standard InChI is InChI=1S/C26H27BrF6N2O/c1-15-11-19(12-16(2)17(15)3)20(26(31,32)33)7-5-18-6-8-22(21(27)13-18)35-24(9-4-10-24)23(36)34-14-25(28,29)30/h5-8,11-13,20,35H,4,9-10,14H2,1-3H3,(H,34,36)/b7-5+. The largest absolute Gasteiger partial charge is 0.405 e. The van der Waals surface area contributed by atoms with Crippen molar-refractivity contribution in [1.29, 1.82) is 0 Å². The number of anilines is 1. The first-order valence-electron chi connectivity index (χ1n) is 11.4. The smallest absolute Gasteiger partial charge is 0.370 e. The Kier molecular flexibility index (Phi) is 8.17. The molecular formula is C26H27BrF6N2O. The predicted molar refractivity (Wildman–Crippen MR) is 132 cm³/mol. The molecule has 1 saturated carbocycles. The fourth-order valence-electron chi connectivity index (χ4n) is 4.15. The Morgan fingerprint density at radius 2 is 1.67 bits per heavy atom. The lowest BCUT2D eigenvalue weighted by Crippen LogP contribution is -2.58. The topological polar surface area (TPSA) is 41.1 Å². The predicted octanol–water partition coefficient (Wildman–Crippen LogP) is 7.75. The number of carbonyl (C=O) groups is 1. The molecule has 1 fully saturated rings. The molecule has 36 heavy (non-hydrogen) atoms. The highest BCUT2D eigenvalue weighted by Gasteiger charge is 2.45. The Morgan fingerprint density at radius 1 is 1.06 bits per heavy atom. The van der Waals surface area contributed by atoms with Crippen molar-refractivity contribution in [1.82, 2.24) is 5.32 Å². The minimum atomic E-state index is -4.51. The number of nitrogens with one attached hydrogen (secondary N) is 2. The van der Waals surface area contributed by atoms with Crippen molar-refractivity contribution >= 4 is 33.6 Å². The molecule has 1 atom stereocenters. The number of allylic oxidation sites excluding steroid dienone is 1. The van der Waals surface area contributed by atoms with E-state index < -0.39 is 36.3 Å². The van der Waals surface area contributed by atoms with E-state index in [2.05, 4.69) is 21.2 Å². The van der Waals surface area contributed by atoms with Crippen LogP contribution in [0.15, 0.2) is 40.9 Å². The van der Waals surface area contributed by atoms with Crippen LogP contribution in [0, 0.1) is 20.8 Å². The molecule has 10 heteroatoms. The first-order valence-corrected chi connectivity index (χ1v) is 12.2. The molecule has 0 spiro atoms. The van der Waals surface area contributed by atoms with Gasteiger partial charge >= 0.3 is 12.4 Å². The number of alkyl halides is 6. The van der Waals surface area contributed by atoms with Crippen molar-refractivity contribution < 1.29 is 31.1 Å². The molecule has 0 heterocycles. The van der Waals surface area contributed by atoms with E-state index in [4.69, 9.17) is 0 Å². The summed E-state index contributed by atoms with van der Waals surface area (Å²) >= 11 is 3.36. The highest BCUT2D eigenvalue weighted by atomic mass is 79.9. The van der Waals surface area contributed by atoms with Crippen molar-refractivity contribution in [3.63, 3.8) is 0 Å². The van der Waals surface area contributed by atoms with Gasteiger partial charge in [0.1, 0.15) is 12.1 Å². The molecule has 2 aromatic carbocycles. The Labute approximate surface area is 214 Å². The van der Waals surface area contributed by atoms with Crippen LogP contribution >= 0.6 is 15.9 Å². The van der Waals surface area contributed by atoms with Gasteiger partial charge in [-0.15, -0.1) is 0 Å². The van der Waals surface area contributed by atoms with Gasteiger partial charge in [0.25, 0.3) is 0 Å². The fourth-order valence-corrected chi connectivity index (χ4v) is 4.64. The van der Waals surface area contributed by atoms with Gasteiger partial charge in [0, 0.05) is 10.2 Å². The van der Waals surface area contributed by atoms with Crippen LogP contribution in [0.5, 0.6) is 0 Å². The van der Waals surface area contributed by atoms with Crippen LogP contribution in [-0.2, 0) is 4.79 Å². The van der Waals surface area contributed by atoms with Crippen molar-refractivity contribution in [3.8, 4) is 0 Å². The van der Waals surface area contributed by atoms with Gasteiger partial charge in [-0.3, -0.25) is 4.79 Å². The van der Waals surface area contributed by atoms with E-state index in [0.717, 1.165) is 22.8 Å². The van der Waals surface area contributed by atoms with Crippen molar-refractivity contribution in [2.45, 2.75) is 63.8 Å². The monoisotopic (exact) mass is 576 g/mol. The van der Waals surface area contributed by atoms with Crippen LogP contribution in [0.2, 0.25) is 0 Å². The van der Waals surface area contributed by atoms with E-state index in [9.17, 15) is 31.1 Å². The number of aryl methyl sites for hydroxylation is 2. The lowest BCUT2D eigenvalue weighted by atomic mass is 9.75. The number of benzene rings is 2. The molecule has 3 rings (SSSR count). The first-order chi connectivity index (χ1) is 16.6. The first kappa shape index (κ1) is 28.1. The summed E-state index contributed by atoms with van der Waals surface area (Å²) in [5.74, 6) is -2.53. The molecule has 1 amide bonds. The second-order valence-electron chi connectivity index (χ2n) is 9.26. The zero-order valence-electron chi connectivity index (χ0n) is 20.0. The van der Waals surface area contributed by atoms with E-state index in [0.29, 0.717) is 35.0 Å².